The molecule has 4 nitrogen and oxygen atoms in total. The summed E-state index contributed by atoms with van der Waals surface area (Å²) in [5.74, 6) is 2.88. The number of quaternary nitrogens is 2. The molecule has 1 aromatic rings. The molecule has 142 valence electrons. The highest BCUT2D eigenvalue weighted by atomic mass is 16.2. The molecule has 0 saturated heterocycles. The zero-order valence-corrected chi connectivity index (χ0v) is 16.3. The molecule has 1 amide bonds. The maximum atomic E-state index is 12.7. The summed E-state index contributed by atoms with van der Waals surface area (Å²) < 4.78 is 0. The van der Waals surface area contributed by atoms with E-state index in [1.54, 1.807) is 0 Å². The fourth-order valence-electron chi connectivity index (χ4n) is 6.38. The molecule has 4 aliphatic carbocycles. The fourth-order valence-corrected chi connectivity index (χ4v) is 6.38. The minimum atomic E-state index is 0.144. The molecule has 0 aliphatic heterocycles. The average Bonchev–Trinajstić information content (AvgIpc) is 2.57. The van der Waals surface area contributed by atoms with Gasteiger partial charge in [-0.3, -0.25) is 4.79 Å². The number of likely N-dealkylation sites (N-methyl/N-ethyl adjacent to an activating group) is 1. The Morgan fingerprint density at radius 3 is 2.23 bits per heavy atom. The molecule has 4 heteroatoms. The first-order valence-electron chi connectivity index (χ1n) is 10.5. The van der Waals surface area contributed by atoms with Crippen molar-refractivity contribution in [1.82, 2.24) is 5.32 Å². The maximum Gasteiger partial charge on any atom is 0.275 e. The third kappa shape index (κ3) is 3.81. The van der Waals surface area contributed by atoms with E-state index in [9.17, 15) is 4.79 Å². The lowest BCUT2D eigenvalue weighted by atomic mass is 9.53. The topological polar surface area (TPSA) is 50.2 Å². The summed E-state index contributed by atoms with van der Waals surface area (Å²) in [5, 5.41) is 5.69. The Morgan fingerprint density at radius 2 is 1.69 bits per heavy atom. The molecule has 0 aromatic heterocycles. The number of hydrogen-bond donors (Lipinski definition) is 3. The van der Waals surface area contributed by atoms with Crippen LogP contribution in [-0.4, -0.2) is 38.6 Å². The Balaban J connectivity index is 1.29. The SMILES string of the molecule is C[NH+](C)[C@H](C[NH2+]CC(=O)NC12CC3CC(CC(C3)C1)C2)c1ccccc1. The van der Waals surface area contributed by atoms with Crippen LogP contribution in [0.4, 0.5) is 0 Å². The summed E-state index contributed by atoms with van der Waals surface area (Å²) in [6.07, 6.45) is 7.97. The lowest BCUT2D eigenvalue weighted by Crippen LogP contribution is -3.09. The number of amides is 1. The average molecular weight is 358 g/mol. The molecule has 1 atom stereocenters. The van der Waals surface area contributed by atoms with Crippen LogP contribution in [0.25, 0.3) is 0 Å². The normalized spacial score (nSPS) is 33.4. The molecular formula is C22H35N3O+2. The molecule has 4 fully saturated rings. The first-order valence-corrected chi connectivity index (χ1v) is 10.5. The van der Waals surface area contributed by atoms with Gasteiger partial charge in [-0.05, 0) is 56.3 Å². The quantitative estimate of drug-likeness (QED) is 0.655. The lowest BCUT2D eigenvalue weighted by molar-refractivity contribution is -0.908. The number of nitrogens with one attached hydrogen (secondary N) is 2. The Labute approximate surface area is 157 Å². The van der Waals surface area contributed by atoms with E-state index in [0.717, 1.165) is 24.3 Å². The van der Waals surface area contributed by atoms with Gasteiger partial charge in [0.05, 0.1) is 14.1 Å². The molecule has 4 bridgehead atoms. The van der Waals surface area contributed by atoms with Crippen LogP contribution in [0.5, 0.6) is 0 Å². The highest BCUT2D eigenvalue weighted by Crippen LogP contribution is 2.55. The minimum absolute atomic E-state index is 0.144. The summed E-state index contributed by atoms with van der Waals surface area (Å²) in [5.41, 5.74) is 1.50. The van der Waals surface area contributed by atoms with Gasteiger partial charge in [0.15, 0.2) is 12.6 Å². The fraction of sp³-hybridized carbons (Fsp3) is 0.682. The van der Waals surface area contributed by atoms with Gasteiger partial charge >= 0.3 is 0 Å². The monoisotopic (exact) mass is 357 g/mol. The van der Waals surface area contributed by atoms with Gasteiger partial charge in [-0.2, -0.15) is 0 Å². The number of carbonyl (C=O) groups is 1. The van der Waals surface area contributed by atoms with Crippen molar-refractivity contribution < 1.29 is 15.0 Å². The summed E-state index contributed by atoms with van der Waals surface area (Å²) >= 11 is 0. The van der Waals surface area contributed by atoms with Gasteiger partial charge in [-0.25, -0.2) is 0 Å². The highest BCUT2D eigenvalue weighted by Gasteiger charge is 2.51. The zero-order chi connectivity index (χ0) is 18.1. The van der Waals surface area contributed by atoms with Crippen molar-refractivity contribution in [3.05, 3.63) is 35.9 Å². The van der Waals surface area contributed by atoms with E-state index in [4.69, 9.17) is 0 Å². The van der Waals surface area contributed by atoms with Crippen molar-refractivity contribution in [3.63, 3.8) is 0 Å². The van der Waals surface area contributed by atoms with Crippen molar-refractivity contribution >= 4 is 5.91 Å². The molecule has 1 aromatic carbocycles. The lowest BCUT2D eigenvalue weighted by Gasteiger charge is -2.56. The summed E-state index contributed by atoms with van der Waals surface area (Å²) in [6.45, 7) is 1.50. The van der Waals surface area contributed by atoms with Crippen LogP contribution < -0.4 is 15.5 Å². The van der Waals surface area contributed by atoms with E-state index in [0.29, 0.717) is 12.6 Å². The molecule has 0 unspecified atom stereocenters. The second-order valence-electron chi connectivity index (χ2n) is 9.52. The van der Waals surface area contributed by atoms with Crippen LogP contribution in [0.1, 0.15) is 50.1 Å². The van der Waals surface area contributed by atoms with Crippen LogP contribution >= 0.6 is 0 Å². The van der Waals surface area contributed by atoms with Gasteiger partial charge in [0, 0.05) is 11.1 Å². The minimum Gasteiger partial charge on any atom is -0.346 e. The van der Waals surface area contributed by atoms with Crippen molar-refractivity contribution in [1.29, 1.82) is 0 Å². The molecule has 4 aliphatic rings. The Hall–Kier alpha value is -1.39. The van der Waals surface area contributed by atoms with Crippen molar-refractivity contribution in [2.75, 3.05) is 27.2 Å². The first-order chi connectivity index (χ1) is 12.5. The van der Waals surface area contributed by atoms with Crippen molar-refractivity contribution in [3.8, 4) is 0 Å². The molecule has 5 rings (SSSR count). The summed E-state index contributed by atoms with van der Waals surface area (Å²) in [4.78, 5) is 14.1. The van der Waals surface area contributed by atoms with Crippen LogP contribution in [0, 0.1) is 17.8 Å². The predicted octanol–water partition coefficient (Wildman–Crippen LogP) is 0.521. The van der Waals surface area contributed by atoms with E-state index in [1.807, 2.05) is 0 Å². The molecule has 4 saturated carbocycles. The molecule has 0 heterocycles. The number of nitrogens with two attached hydrogens (primary N) is 1. The van der Waals surface area contributed by atoms with Gasteiger partial charge in [0.1, 0.15) is 6.54 Å². The predicted molar refractivity (Wildman–Crippen MR) is 103 cm³/mol. The largest absolute Gasteiger partial charge is 0.346 e. The van der Waals surface area contributed by atoms with Gasteiger partial charge in [-0.1, -0.05) is 30.3 Å². The van der Waals surface area contributed by atoms with Gasteiger partial charge in [0.25, 0.3) is 5.91 Å². The number of benzene rings is 1. The number of carbonyl (C=O) groups excluding carboxylic acids is 1. The Bertz CT molecular complexity index is 592. The van der Waals surface area contributed by atoms with Gasteiger partial charge in [-0.15, -0.1) is 0 Å². The number of rotatable bonds is 7. The van der Waals surface area contributed by atoms with Crippen LogP contribution in [0.3, 0.4) is 0 Å². The Morgan fingerprint density at radius 1 is 1.12 bits per heavy atom. The number of hydrogen-bond acceptors (Lipinski definition) is 1. The maximum absolute atomic E-state index is 12.7. The Kier molecular flexibility index (Phi) is 5.07. The molecule has 4 N–H and O–H groups in total. The van der Waals surface area contributed by atoms with Crippen molar-refractivity contribution in [2.24, 2.45) is 17.8 Å². The van der Waals surface area contributed by atoms with Crippen LogP contribution in [-0.2, 0) is 4.79 Å². The third-order valence-electron chi connectivity index (χ3n) is 7.07. The van der Waals surface area contributed by atoms with Crippen molar-refractivity contribution in [2.45, 2.75) is 50.1 Å². The highest BCUT2D eigenvalue weighted by molar-refractivity contribution is 5.77. The summed E-state index contributed by atoms with van der Waals surface area (Å²) in [6, 6.07) is 11.1. The molecule has 0 radical (unpaired) electrons. The molecule has 26 heavy (non-hydrogen) atoms. The van der Waals surface area contributed by atoms with E-state index in [-0.39, 0.29) is 11.4 Å². The van der Waals surface area contributed by atoms with Crippen LogP contribution in [0.2, 0.25) is 0 Å². The standard InChI is InChI=1S/C22H33N3O/c1-25(2)20(19-6-4-3-5-7-19)14-23-15-21(26)24-22-11-16-8-17(12-22)10-18(9-16)13-22/h3-7,16-18,20,23H,8-15H2,1-2H3,(H,24,26)/p+2/t16?,17?,18?,20-,22?/m1/s1. The summed E-state index contributed by atoms with van der Waals surface area (Å²) in [7, 11) is 4.39. The van der Waals surface area contributed by atoms with E-state index in [2.05, 4.69) is 55.1 Å². The van der Waals surface area contributed by atoms with E-state index in [1.165, 1.54) is 49.0 Å². The van der Waals surface area contributed by atoms with Crippen LogP contribution in [0.15, 0.2) is 30.3 Å². The molecule has 0 spiro atoms. The smallest absolute Gasteiger partial charge is 0.275 e. The van der Waals surface area contributed by atoms with Gasteiger partial charge < -0.3 is 15.5 Å². The third-order valence-corrected chi connectivity index (χ3v) is 7.07. The second-order valence-corrected chi connectivity index (χ2v) is 9.52. The molecular weight excluding hydrogens is 322 g/mol. The second kappa shape index (κ2) is 7.32. The zero-order valence-electron chi connectivity index (χ0n) is 16.3. The van der Waals surface area contributed by atoms with E-state index < -0.39 is 0 Å². The first kappa shape index (κ1) is 18.0. The van der Waals surface area contributed by atoms with Gasteiger partial charge in [0.2, 0.25) is 0 Å². The van der Waals surface area contributed by atoms with E-state index >= 15 is 0 Å².